The molecule has 0 atom stereocenters. The normalized spacial score (nSPS) is 24.8. The lowest BCUT2D eigenvalue weighted by Crippen LogP contribution is -2.57. The Morgan fingerprint density at radius 2 is 1.12 bits per heavy atom. The van der Waals surface area contributed by atoms with Gasteiger partial charge in [0.05, 0.1) is 0 Å². The average molecular weight is 443 g/mol. The van der Waals surface area contributed by atoms with Gasteiger partial charge in [-0.05, 0) is 110 Å². The lowest BCUT2D eigenvalue weighted by Gasteiger charge is -2.48. The van der Waals surface area contributed by atoms with Crippen LogP contribution in [0.5, 0.6) is 0 Å². The molecule has 0 unspecified atom stereocenters. The monoisotopic (exact) mass is 442 g/mol. The molecule has 0 saturated carbocycles. The molecule has 2 aliphatic heterocycles. The van der Waals surface area contributed by atoms with Gasteiger partial charge in [-0.3, -0.25) is 9.59 Å². The first kappa shape index (κ1) is 24.7. The molecule has 2 aliphatic rings. The van der Waals surface area contributed by atoms with Gasteiger partial charge in [-0.25, -0.2) is 0 Å². The first-order valence-corrected chi connectivity index (χ1v) is 11.8. The van der Waals surface area contributed by atoms with Gasteiger partial charge in [-0.1, -0.05) is 6.07 Å². The summed E-state index contributed by atoms with van der Waals surface area (Å²) in [6.07, 6.45) is 3.36. The number of carbonyl (C=O) groups is 2. The molecule has 0 aromatic heterocycles. The van der Waals surface area contributed by atoms with E-state index < -0.39 is 11.8 Å². The van der Waals surface area contributed by atoms with Gasteiger partial charge in [-0.2, -0.15) is 0 Å². The molecular weight excluding hydrogens is 400 g/mol. The molecule has 6 heteroatoms. The zero-order valence-electron chi connectivity index (χ0n) is 21.1. The van der Waals surface area contributed by atoms with Crippen LogP contribution in [-0.2, 0) is 0 Å². The van der Waals surface area contributed by atoms with Gasteiger partial charge >= 0.3 is 0 Å². The van der Waals surface area contributed by atoms with E-state index in [2.05, 4.69) is 66.0 Å². The minimum atomic E-state index is -0.505. The number of carbonyl (C=O) groups excluding carboxylic acids is 2. The largest absolute Gasteiger partial charge is 0.366 e. The summed E-state index contributed by atoms with van der Waals surface area (Å²) in [5.74, 6) is -0.809. The van der Waals surface area contributed by atoms with E-state index in [4.69, 9.17) is 11.5 Å². The Morgan fingerprint density at radius 1 is 0.719 bits per heavy atom. The van der Waals surface area contributed by atoms with E-state index in [0.29, 0.717) is 11.1 Å². The van der Waals surface area contributed by atoms with Crippen LogP contribution in [0.25, 0.3) is 0 Å². The second-order valence-corrected chi connectivity index (χ2v) is 12.7. The molecule has 2 saturated heterocycles. The van der Waals surface area contributed by atoms with Crippen LogP contribution >= 0.6 is 0 Å². The Bertz CT molecular complexity index is 898. The first-order chi connectivity index (χ1) is 14.4. The summed E-state index contributed by atoms with van der Waals surface area (Å²) in [6, 6.07) is 3.74. The van der Waals surface area contributed by atoms with Crippen LogP contribution in [0.1, 0.15) is 125 Å². The summed E-state index contributed by atoms with van der Waals surface area (Å²) < 4.78 is 0. The molecule has 6 N–H and O–H groups in total. The van der Waals surface area contributed by atoms with E-state index in [9.17, 15) is 9.59 Å². The topological polar surface area (TPSA) is 110 Å². The molecule has 2 fully saturated rings. The molecule has 0 bridgehead atoms. The smallest absolute Gasteiger partial charge is 0.249 e. The van der Waals surface area contributed by atoms with Gasteiger partial charge in [-0.15, -0.1) is 0 Å². The standard InChI is InChI=1S/C26H42N4O2/c1-23(2)11-15(12-24(3,4)29-23)17-9-10-18(21(27)31)19(20(17)22(28)32)16-13-25(5,6)30-26(7,8)14-16/h9-10,15-16,29-30H,11-14H2,1-8H3,(H2,27,31)(H2,28,32). The van der Waals surface area contributed by atoms with Crippen molar-refractivity contribution in [1.82, 2.24) is 10.6 Å². The number of rotatable bonds is 4. The van der Waals surface area contributed by atoms with Gasteiger partial charge in [0, 0.05) is 33.3 Å². The van der Waals surface area contributed by atoms with E-state index in [1.807, 2.05) is 12.1 Å². The quantitative estimate of drug-likeness (QED) is 0.566. The highest BCUT2D eigenvalue weighted by Gasteiger charge is 2.43. The number of hydrogen-bond donors (Lipinski definition) is 4. The van der Waals surface area contributed by atoms with Crippen LogP contribution in [0.15, 0.2) is 12.1 Å². The molecular formula is C26H42N4O2. The summed E-state index contributed by atoms with van der Waals surface area (Å²) >= 11 is 0. The van der Waals surface area contributed by atoms with Gasteiger partial charge in [0.25, 0.3) is 0 Å². The van der Waals surface area contributed by atoms with Crippen molar-refractivity contribution in [1.29, 1.82) is 0 Å². The van der Waals surface area contributed by atoms with Crippen molar-refractivity contribution in [3.63, 3.8) is 0 Å². The van der Waals surface area contributed by atoms with E-state index in [0.717, 1.165) is 36.8 Å². The van der Waals surface area contributed by atoms with E-state index in [-0.39, 0.29) is 34.0 Å². The maximum absolute atomic E-state index is 13.0. The molecule has 0 spiro atoms. The maximum Gasteiger partial charge on any atom is 0.249 e. The minimum Gasteiger partial charge on any atom is -0.366 e. The van der Waals surface area contributed by atoms with E-state index in [1.165, 1.54) is 0 Å². The third-order valence-corrected chi connectivity index (χ3v) is 7.02. The fourth-order valence-corrected chi connectivity index (χ4v) is 6.96. The van der Waals surface area contributed by atoms with Crippen molar-refractivity contribution >= 4 is 11.8 Å². The van der Waals surface area contributed by atoms with Crippen molar-refractivity contribution in [2.45, 2.75) is 115 Å². The Labute approximate surface area is 193 Å². The van der Waals surface area contributed by atoms with Crippen molar-refractivity contribution < 1.29 is 9.59 Å². The summed E-state index contributed by atoms with van der Waals surface area (Å²) in [5, 5.41) is 7.40. The van der Waals surface area contributed by atoms with Crippen LogP contribution in [0, 0.1) is 0 Å². The number of nitrogens with one attached hydrogen (secondary N) is 2. The second kappa shape index (κ2) is 7.84. The Morgan fingerprint density at radius 3 is 1.50 bits per heavy atom. The second-order valence-electron chi connectivity index (χ2n) is 12.7. The fraction of sp³-hybridized carbons (Fsp3) is 0.692. The van der Waals surface area contributed by atoms with Crippen LogP contribution < -0.4 is 22.1 Å². The minimum absolute atomic E-state index is 0.00827. The molecule has 3 rings (SSSR count). The third kappa shape index (κ3) is 5.18. The zero-order chi connectivity index (χ0) is 24.3. The summed E-state index contributed by atoms with van der Waals surface area (Å²) in [7, 11) is 0. The highest BCUT2D eigenvalue weighted by Crippen LogP contribution is 2.46. The number of amides is 2. The van der Waals surface area contributed by atoms with Gasteiger partial charge in [0.15, 0.2) is 0 Å². The number of piperidine rings is 2. The van der Waals surface area contributed by atoms with E-state index in [1.54, 1.807) is 0 Å². The summed E-state index contributed by atoms with van der Waals surface area (Å²) in [6.45, 7) is 17.4. The predicted octanol–water partition coefficient (Wildman–Crippen LogP) is 3.93. The lowest BCUT2D eigenvalue weighted by molar-refractivity contribution is 0.0987. The Kier molecular flexibility index (Phi) is 6.06. The number of primary amides is 2. The van der Waals surface area contributed by atoms with Gasteiger partial charge in [0.1, 0.15) is 0 Å². The Hall–Kier alpha value is -1.92. The number of hydrogen-bond acceptors (Lipinski definition) is 4. The molecule has 178 valence electrons. The van der Waals surface area contributed by atoms with Gasteiger partial charge < -0.3 is 22.1 Å². The highest BCUT2D eigenvalue weighted by atomic mass is 16.1. The molecule has 0 aliphatic carbocycles. The molecule has 2 heterocycles. The SMILES string of the molecule is CC1(C)CC(c2ccc(C(N)=O)c(C3CC(C)(C)NC(C)(C)C3)c2C(N)=O)CC(C)(C)N1. The average Bonchev–Trinajstić information content (AvgIpc) is 2.54. The van der Waals surface area contributed by atoms with Crippen LogP contribution in [0.4, 0.5) is 0 Å². The van der Waals surface area contributed by atoms with Crippen molar-refractivity contribution in [3.8, 4) is 0 Å². The fourth-order valence-electron chi connectivity index (χ4n) is 6.96. The molecule has 1 aromatic rings. The van der Waals surface area contributed by atoms with Crippen molar-refractivity contribution in [2.24, 2.45) is 11.5 Å². The summed E-state index contributed by atoms with van der Waals surface area (Å²) in [4.78, 5) is 25.5. The van der Waals surface area contributed by atoms with Crippen LogP contribution in [-0.4, -0.2) is 34.0 Å². The molecule has 2 amide bonds. The zero-order valence-corrected chi connectivity index (χ0v) is 21.1. The first-order valence-electron chi connectivity index (χ1n) is 11.8. The highest BCUT2D eigenvalue weighted by molar-refractivity contribution is 6.02. The lowest BCUT2D eigenvalue weighted by atomic mass is 9.68. The van der Waals surface area contributed by atoms with Gasteiger partial charge in [0.2, 0.25) is 11.8 Å². The summed E-state index contributed by atoms with van der Waals surface area (Å²) in [5.41, 5.74) is 14.1. The number of nitrogens with two attached hydrogens (primary N) is 2. The predicted molar refractivity (Wildman–Crippen MR) is 130 cm³/mol. The molecule has 6 nitrogen and oxygen atoms in total. The number of benzene rings is 1. The maximum atomic E-state index is 13.0. The van der Waals surface area contributed by atoms with Crippen LogP contribution in [0.3, 0.4) is 0 Å². The molecule has 0 radical (unpaired) electrons. The van der Waals surface area contributed by atoms with Crippen molar-refractivity contribution in [3.05, 3.63) is 34.4 Å². The molecule has 1 aromatic carbocycles. The third-order valence-electron chi connectivity index (χ3n) is 7.02. The Balaban J connectivity index is 2.23. The van der Waals surface area contributed by atoms with Crippen LogP contribution in [0.2, 0.25) is 0 Å². The van der Waals surface area contributed by atoms with Crippen molar-refractivity contribution in [2.75, 3.05) is 0 Å². The molecule has 32 heavy (non-hydrogen) atoms. The van der Waals surface area contributed by atoms with E-state index >= 15 is 0 Å².